The molecule has 1 unspecified atom stereocenters. The number of hydrogen-bond donors (Lipinski definition) is 2. The molecule has 0 aromatic heterocycles. The number of anilines is 1. The van der Waals surface area contributed by atoms with Crippen molar-refractivity contribution in [2.24, 2.45) is 5.92 Å². The second-order valence-corrected chi connectivity index (χ2v) is 6.47. The molecule has 19 heavy (non-hydrogen) atoms. The highest BCUT2D eigenvalue weighted by molar-refractivity contribution is 7.89. The SMILES string of the molecule is CCC(NS(=O)(=O)c1ccc(N)cc1OC)C(C)C. The van der Waals surface area contributed by atoms with Gasteiger partial charge in [-0.05, 0) is 24.5 Å². The van der Waals surface area contributed by atoms with Gasteiger partial charge in [-0.2, -0.15) is 0 Å². The number of nitrogen functional groups attached to an aromatic ring is 1. The molecule has 6 heteroatoms. The van der Waals surface area contributed by atoms with E-state index in [2.05, 4.69) is 4.72 Å². The molecule has 108 valence electrons. The van der Waals surface area contributed by atoms with Gasteiger partial charge in [-0.3, -0.25) is 0 Å². The van der Waals surface area contributed by atoms with Crippen LogP contribution in [0.5, 0.6) is 5.75 Å². The highest BCUT2D eigenvalue weighted by Crippen LogP contribution is 2.26. The molecule has 5 nitrogen and oxygen atoms in total. The topological polar surface area (TPSA) is 81.4 Å². The first kappa shape index (κ1) is 15.8. The third kappa shape index (κ3) is 3.84. The molecule has 1 aromatic rings. The lowest BCUT2D eigenvalue weighted by molar-refractivity contribution is 0.400. The van der Waals surface area contributed by atoms with Crippen LogP contribution in [0.1, 0.15) is 27.2 Å². The number of methoxy groups -OCH3 is 1. The van der Waals surface area contributed by atoms with Gasteiger partial charge in [-0.25, -0.2) is 13.1 Å². The quantitative estimate of drug-likeness (QED) is 0.784. The van der Waals surface area contributed by atoms with E-state index in [-0.39, 0.29) is 22.6 Å². The summed E-state index contributed by atoms with van der Waals surface area (Å²) < 4.78 is 32.5. The largest absolute Gasteiger partial charge is 0.495 e. The van der Waals surface area contributed by atoms with Crippen molar-refractivity contribution in [3.05, 3.63) is 18.2 Å². The van der Waals surface area contributed by atoms with E-state index in [1.807, 2.05) is 20.8 Å². The number of ether oxygens (including phenoxy) is 1. The van der Waals surface area contributed by atoms with Gasteiger partial charge >= 0.3 is 0 Å². The zero-order valence-electron chi connectivity index (χ0n) is 11.8. The van der Waals surface area contributed by atoms with Crippen molar-refractivity contribution in [1.29, 1.82) is 0 Å². The second-order valence-electron chi connectivity index (χ2n) is 4.79. The molecule has 0 saturated carbocycles. The predicted octanol–water partition coefficient (Wildman–Crippen LogP) is 1.99. The molecule has 1 rings (SSSR count). The van der Waals surface area contributed by atoms with Crippen molar-refractivity contribution >= 4 is 15.7 Å². The summed E-state index contributed by atoms with van der Waals surface area (Å²) in [6, 6.07) is 4.41. The maximum Gasteiger partial charge on any atom is 0.244 e. The fourth-order valence-corrected chi connectivity index (χ4v) is 3.48. The van der Waals surface area contributed by atoms with Gasteiger partial charge in [-0.1, -0.05) is 20.8 Å². The molecule has 3 N–H and O–H groups in total. The molecule has 0 heterocycles. The van der Waals surface area contributed by atoms with Crippen LogP contribution in [0.25, 0.3) is 0 Å². The maximum absolute atomic E-state index is 12.4. The number of sulfonamides is 1. The zero-order valence-corrected chi connectivity index (χ0v) is 12.6. The molecule has 1 atom stereocenters. The molecule has 0 aliphatic rings. The van der Waals surface area contributed by atoms with Crippen LogP contribution in [0, 0.1) is 5.92 Å². The molecule has 0 amide bonds. The monoisotopic (exact) mass is 286 g/mol. The molecular formula is C13H22N2O3S. The first-order chi connectivity index (χ1) is 8.81. The van der Waals surface area contributed by atoms with E-state index in [4.69, 9.17) is 10.5 Å². The van der Waals surface area contributed by atoms with Crippen LogP contribution in [-0.2, 0) is 10.0 Å². The summed E-state index contributed by atoms with van der Waals surface area (Å²) in [5.74, 6) is 0.477. The maximum atomic E-state index is 12.4. The Morgan fingerprint density at radius 2 is 2.00 bits per heavy atom. The summed E-state index contributed by atoms with van der Waals surface area (Å²) in [5, 5.41) is 0. The van der Waals surface area contributed by atoms with E-state index in [0.717, 1.165) is 6.42 Å². The van der Waals surface area contributed by atoms with Gasteiger partial charge in [0.2, 0.25) is 10.0 Å². The van der Waals surface area contributed by atoms with Crippen molar-refractivity contribution < 1.29 is 13.2 Å². The van der Waals surface area contributed by atoms with Gasteiger partial charge in [0.15, 0.2) is 0 Å². The van der Waals surface area contributed by atoms with Gasteiger partial charge in [0, 0.05) is 17.8 Å². The molecular weight excluding hydrogens is 264 g/mol. The number of benzene rings is 1. The lowest BCUT2D eigenvalue weighted by atomic mass is 10.0. The van der Waals surface area contributed by atoms with Crippen LogP contribution < -0.4 is 15.2 Å². The summed E-state index contributed by atoms with van der Waals surface area (Å²) in [6.45, 7) is 5.92. The highest BCUT2D eigenvalue weighted by atomic mass is 32.2. The summed E-state index contributed by atoms with van der Waals surface area (Å²) >= 11 is 0. The molecule has 0 bridgehead atoms. The zero-order chi connectivity index (χ0) is 14.6. The van der Waals surface area contributed by atoms with Gasteiger partial charge < -0.3 is 10.5 Å². The Labute approximate surface area is 115 Å². The molecule has 0 aliphatic carbocycles. The number of nitrogens with two attached hydrogens (primary N) is 1. The molecule has 0 saturated heterocycles. The minimum Gasteiger partial charge on any atom is -0.495 e. The van der Waals surface area contributed by atoms with Crippen LogP contribution in [0.15, 0.2) is 23.1 Å². The fraction of sp³-hybridized carbons (Fsp3) is 0.538. The van der Waals surface area contributed by atoms with Crippen LogP contribution in [-0.4, -0.2) is 21.6 Å². The average Bonchev–Trinajstić information content (AvgIpc) is 2.35. The molecule has 1 aromatic carbocycles. The molecule has 0 spiro atoms. The summed E-state index contributed by atoms with van der Waals surface area (Å²) in [7, 11) is -2.18. The third-order valence-corrected chi connectivity index (χ3v) is 4.56. The van der Waals surface area contributed by atoms with Crippen molar-refractivity contribution in [1.82, 2.24) is 4.72 Å². The van der Waals surface area contributed by atoms with E-state index in [9.17, 15) is 8.42 Å². The Morgan fingerprint density at radius 3 is 2.47 bits per heavy atom. The number of hydrogen-bond acceptors (Lipinski definition) is 4. The van der Waals surface area contributed by atoms with E-state index in [1.54, 1.807) is 6.07 Å². The summed E-state index contributed by atoms with van der Waals surface area (Å²) in [5.41, 5.74) is 6.09. The standard InChI is InChI=1S/C13H22N2O3S/c1-5-11(9(2)3)15-19(16,17)13-7-6-10(14)8-12(13)18-4/h6-9,11,15H,5,14H2,1-4H3. The van der Waals surface area contributed by atoms with E-state index < -0.39 is 10.0 Å². The highest BCUT2D eigenvalue weighted by Gasteiger charge is 2.24. The first-order valence-electron chi connectivity index (χ1n) is 6.27. The van der Waals surface area contributed by atoms with Crippen LogP contribution in [0.2, 0.25) is 0 Å². The Kier molecular flexibility index (Phi) is 5.20. The third-order valence-electron chi connectivity index (χ3n) is 3.03. The second kappa shape index (κ2) is 6.25. The molecule has 0 radical (unpaired) electrons. The fourth-order valence-electron chi connectivity index (χ4n) is 1.86. The van der Waals surface area contributed by atoms with E-state index in [1.165, 1.54) is 19.2 Å². The van der Waals surface area contributed by atoms with Crippen molar-refractivity contribution in [3.8, 4) is 5.75 Å². The van der Waals surface area contributed by atoms with Crippen molar-refractivity contribution in [3.63, 3.8) is 0 Å². The van der Waals surface area contributed by atoms with E-state index >= 15 is 0 Å². The Bertz CT molecular complexity index is 527. The molecule has 0 aliphatic heterocycles. The summed E-state index contributed by atoms with van der Waals surface area (Å²) in [6.07, 6.45) is 0.730. The van der Waals surface area contributed by atoms with Crippen molar-refractivity contribution in [2.75, 3.05) is 12.8 Å². The Morgan fingerprint density at radius 1 is 1.37 bits per heavy atom. The minimum absolute atomic E-state index is 0.104. The van der Waals surface area contributed by atoms with Crippen LogP contribution in [0.3, 0.4) is 0 Å². The minimum atomic E-state index is -3.61. The normalized spacial score (nSPS) is 13.5. The smallest absolute Gasteiger partial charge is 0.244 e. The van der Waals surface area contributed by atoms with Gasteiger partial charge in [0.1, 0.15) is 10.6 Å². The Hall–Kier alpha value is -1.27. The number of nitrogens with one attached hydrogen (secondary N) is 1. The lowest BCUT2D eigenvalue weighted by Crippen LogP contribution is -2.38. The lowest BCUT2D eigenvalue weighted by Gasteiger charge is -2.21. The number of rotatable bonds is 6. The van der Waals surface area contributed by atoms with Crippen LogP contribution in [0.4, 0.5) is 5.69 Å². The Balaban J connectivity index is 3.13. The molecule has 0 fully saturated rings. The van der Waals surface area contributed by atoms with Crippen molar-refractivity contribution in [2.45, 2.75) is 38.1 Å². The van der Waals surface area contributed by atoms with Gasteiger partial charge in [0.05, 0.1) is 7.11 Å². The van der Waals surface area contributed by atoms with E-state index in [0.29, 0.717) is 5.69 Å². The summed E-state index contributed by atoms with van der Waals surface area (Å²) in [4.78, 5) is 0.114. The predicted molar refractivity (Wildman–Crippen MR) is 76.6 cm³/mol. The van der Waals surface area contributed by atoms with Crippen LogP contribution >= 0.6 is 0 Å². The van der Waals surface area contributed by atoms with Gasteiger partial charge in [0.25, 0.3) is 0 Å². The van der Waals surface area contributed by atoms with Gasteiger partial charge in [-0.15, -0.1) is 0 Å². The average molecular weight is 286 g/mol. The first-order valence-corrected chi connectivity index (χ1v) is 7.76.